The number of carbonyl (C=O) groups is 1. The number of aliphatic hydroxyl groups is 1. The zero-order valence-electron chi connectivity index (χ0n) is 9.63. The average Bonchev–Trinajstić information content (AvgIpc) is 2.73. The van der Waals surface area contributed by atoms with Gasteiger partial charge in [0.2, 0.25) is 0 Å². The Hall–Kier alpha value is -1.55. The Morgan fingerprint density at radius 3 is 2.76 bits per heavy atom. The van der Waals surface area contributed by atoms with E-state index in [1.165, 1.54) is 0 Å². The van der Waals surface area contributed by atoms with E-state index in [1.54, 1.807) is 0 Å². The minimum atomic E-state index is -0.409. The van der Waals surface area contributed by atoms with E-state index >= 15 is 0 Å². The average molecular weight is 235 g/mol. The standard InChI is InChI=1S/C13H17NO3/c15-11-6-7-12(8-11)17-13(16)14-9-10-4-2-1-3-5-10/h1-5,11-12,15H,6-9H2,(H,14,16). The summed E-state index contributed by atoms with van der Waals surface area (Å²) in [5, 5.41) is 12.0. The van der Waals surface area contributed by atoms with Crippen molar-refractivity contribution < 1.29 is 14.6 Å². The van der Waals surface area contributed by atoms with Gasteiger partial charge in [0.15, 0.2) is 0 Å². The fourth-order valence-corrected chi connectivity index (χ4v) is 1.99. The highest BCUT2D eigenvalue weighted by Crippen LogP contribution is 2.21. The minimum Gasteiger partial charge on any atom is -0.446 e. The molecule has 1 aliphatic rings. The topological polar surface area (TPSA) is 58.6 Å². The fourth-order valence-electron chi connectivity index (χ4n) is 1.99. The Kier molecular flexibility index (Phi) is 3.98. The number of alkyl carbamates (subject to hydrolysis) is 1. The maximum absolute atomic E-state index is 11.5. The Balaban J connectivity index is 1.71. The molecule has 1 aliphatic carbocycles. The van der Waals surface area contributed by atoms with Crippen LogP contribution in [0.5, 0.6) is 0 Å². The van der Waals surface area contributed by atoms with Gasteiger partial charge in [0.25, 0.3) is 0 Å². The molecule has 0 heterocycles. The number of carbonyl (C=O) groups excluding carboxylic acids is 1. The quantitative estimate of drug-likeness (QED) is 0.840. The van der Waals surface area contributed by atoms with Crippen molar-refractivity contribution in [2.24, 2.45) is 0 Å². The predicted octanol–water partition coefficient (Wildman–Crippen LogP) is 1.83. The van der Waals surface area contributed by atoms with Crippen LogP contribution >= 0.6 is 0 Å². The number of benzene rings is 1. The monoisotopic (exact) mass is 235 g/mol. The van der Waals surface area contributed by atoms with E-state index in [0.29, 0.717) is 13.0 Å². The second kappa shape index (κ2) is 5.68. The van der Waals surface area contributed by atoms with E-state index in [-0.39, 0.29) is 12.2 Å². The largest absolute Gasteiger partial charge is 0.446 e. The number of hydrogen-bond donors (Lipinski definition) is 2. The molecule has 0 aliphatic heterocycles. The van der Waals surface area contributed by atoms with E-state index < -0.39 is 6.09 Å². The van der Waals surface area contributed by atoms with E-state index in [9.17, 15) is 9.90 Å². The molecule has 17 heavy (non-hydrogen) atoms. The Labute approximate surface area is 101 Å². The molecule has 0 radical (unpaired) electrons. The lowest BCUT2D eigenvalue weighted by atomic mass is 10.2. The fraction of sp³-hybridized carbons (Fsp3) is 0.462. The van der Waals surface area contributed by atoms with Crippen molar-refractivity contribution in [3.63, 3.8) is 0 Å². The summed E-state index contributed by atoms with van der Waals surface area (Å²) in [4.78, 5) is 11.5. The smallest absolute Gasteiger partial charge is 0.407 e. The predicted molar refractivity (Wildman–Crippen MR) is 63.4 cm³/mol. The molecule has 1 saturated carbocycles. The summed E-state index contributed by atoms with van der Waals surface area (Å²) in [7, 11) is 0. The maximum Gasteiger partial charge on any atom is 0.407 e. The molecule has 92 valence electrons. The van der Waals surface area contributed by atoms with Crippen LogP contribution in [0.1, 0.15) is 24.8 Å². The van der Waals surface area contributed by atoms with Gasteiger partial charge in [-0.15, -0.1) is 0 Å². The van der Waals surface area contributed by atoms with Gasteiger partial charge in [-0.2, -0.15) is 0 Å². The summed E-state index contributed by atoms with van der Waals surface area (Å²) in [6, 6.07) is 9.67. The van der Waals surface area contributed by atoms with Crippen molar-refractivity contribution in [1.82, 2.24) is 5.32 Å². The zero-order chi connectivity index (χ0) is 12.1. The van der Waals surface area contributed by atoms with Gasteiger partial charge in [0, 0.05) is 13.0 Å². The van der Waals surface area contributed by atoms with Gasteiger partial charge >= 0.3 is 6.09 Å². The summed E-state index contributed by atoms with van der Waals surface area (Å²) in [6.45, 7) is 0.467. The molecule has 2 rings (SSSR count). The molecule has 2 unspecified atom stereocenters. The number of rotatable bonds is 3. The molecular weight excluding hydrogens is 218 g/mol. The molecule has 1 aromatic rings. The number of aliphatic hydroxyl groups excluding tert-OH is 1. The molecule has 0 bridgehead atoms. The van der Waals surface area contributed by atoms with Crippen LogP contribution in [0.2, 0.25) is 0 Å². The van der Waals surface area contributed by atoms with Crippen molar-refractivity contribution in [1.29, 1.82) is 0 Å². The highest BCUT2D eigenvalue weighted by Gasteiger charge is 2.25. The Bertz CT molecular complexity index is 366. The molecule has 0 aromatic heterocycles. The van der Waals surface area contributed by atoms with Crippen LogP contribution < -0.4 is 5.32 Å². The zero-order valence-corrected chi connectivity index (χ0v) is 9.63. The van der Waals surface area contributed by atoms with Crippen LogP contribution in [0.3, 0.4) is 0 Å². The number of hydrogen-bond acceptors (Lipinski definition) is 3. The van der Waals surface area contributed by atoms with Crippen LogP contribution in [0.15, 0.2) is 30.3 Å². The molecule has 2 atom stereocenters. The van der Waals surface area contributed by atoms with Gasteiger partial charge in [-0.05, 0) is 18.4 Å². The van der Waals surface area contributed by atoms with Crippen LogP contribution in [-0.2, 0) is 11.3 Å². The first-order valence-corrected chi connectivity index (χ1v) is 5.90. The third-order valence-corrected chi connectivity index (χ3v) is 2.91. The first kappa shape index (κ1) is 11.9. The Morgan fingerprint density at radius 1 is 1.35 bits per heavy atom. The molecule has 4 nitrogen and oxygen atoms in total. The lowest BCUT2D eigenvalue weighted by Gasteiger charge is -2.12. The second-order valence-corrected chi connectivity index (χ2v) is 4.33. The van der Waals surface area contributed by atoms with Crippen molar-refractivity contribution in [2.45, 2.75) is 38.0 Å². The summed E-state index contributed by atoms with van der Waals surface area (Å²) >= 11 is 0. The molecule has 0 spiro atoms. The lowest BCUT2D eigenvalue weighted by Crippen LogP contribution is -2.27. The van der Waals surface area contributed by atoms with Gasteiger partial charge in [-0.3, -0.25) is 0 Å². The highest BCUT2D eigenvalue weighted by molar-refractivity contribution is 5.67. The van der Waals surface area contributed by atoms with Crippen molar-refractivity contribution >= 4 is 6.09 Å². The van der Waals surface area contributed by atoms with E-state index in [2.05, 4.69) is 5.32 Å². The normalized spacial score (nSPS) is 23.4. The van der Waals surface area contributed by atoms with Crippen LogP contribution in [0.25, 0.3) is 0 Å². The lowest BCUT2D eigenvalue weighted by molar-refractivity contribution is 0.0887. The Morgan fingerprint density at radius 2 is 2.12 bits per heavy atom. The van der Waals surface area contributed by atoms with Crippen molar-refractivity contribution in [2.75, 3.05) is 0 Å². The van der Waals surface area contributed by atoms with Crippen LogP contribution in [0, 0.1) is 0 Å². The number of nitrogens with one attached hydrogen (secondary N) is 1. The van der Waals surface area contributed by atoms with Crippen LogP contribution in [0.4, 0.5) is 4.79 Å². The van der Waals surface area contributed by atoms with Gasteiger partial charge in [-0.1, -0.05) is 30.3 Å². The van der Waals surface area contributed by atoms with Gasteiger partial charge in [0.05, 0.1) is 6.10 Å². The minimum absolute atomic E-state index is 0.138. The summed E-state index contributed by atoms with van der Waals surface area (Å²) < 4.78 is 5.19. The molecular formula is C13H17NO3. The van der Waals surface area contributed by atoms with Gasteiger partial charge in [0.1, 0.15) is 6.10 Å². The first-order chi connectivity index (χ1) is 8.24. The molecule has 1 fully saturated rings. The van der Waals surface area contributed by atoms with Gasteiger partial charge in [-0.25, -0.2) is 4.79 Å². The SMILES string of the molecule is O=C(NCc1ccccc1)OC1CCC(O)C1. The second-order valence-electron chi connectivity index (χ2n) is 4.33. The summed E-state index contributed by atoms with van der Waals surface area (Å²) in [5.41, 5.74) is 1.04. The third kappa shape index (κ3) is 3.75. The van der Waals surface area contributed by atoms with E-state index in [1.807, 2.05) is 30.3 Å². The highest BCUT2D eigenvalue weighted by atomic mass is 16.6. The first-order valence-electron chi connectivity index (χ1n) is 5.90. The number of ether oxygens (including phenoxy) is 1. The maximum atomic E-state index is 11.5. The van der Waals surface area contributed by atoms with Crippen molar-refractivity contribution in [3.05, 3.63) is 35.9 Å². The third-order valence-electron chi connectivity index (χ3n) is 2.91. The van der Waals surface area contributed by atoms with E-state index in [0.717, 1.165) is 18.4 Å². The van der Waals surface area contributed by atoms with Gasteiger partial charge < -0.3 is 15.2 Å². The summed E-state index contributed by atoms with van der Waals surface area (Å²) in [5.74, 6) is 0. The van der Waals surface area contributed by atoms with E-state index in [4.69, 9.17) is 4.74 Å². The molecule has 4 heteroatoms. The summed E-state index contributed by atoms with van der Waals surface area (Å²) in [6.07, 6.45) is 1.16. The molecule has 0 saturated heterocycles. The molecule has 1 amide bonds. The number of amides is 1. The molecule has 2 N–H and O–H groups in total. The van der Waals surface area contributed by atoms with Crippen molar-refractivity contribution in [3.8, 4) is 0 Å². The molecule has 1 aromatic carbocycles. The van der Waals surface area contributed by atoms with Crippen LogP contribution in [-0.4, -0.2) is 23.4 Å².